The van der Waals surface area contributed by atoms with Crippen LogP contribution in [0.4, 0.5) is 8.78 Å². The quantitative estimate of drug-likeness (QED) is 0.713. The SMILES string of the molecule is C=CC(F)(F)c1ccc(-c2cc(=O)n3[nH]cc(C(=O)NC)c3n2)cc1. The van der Waals surface area contributed by atoms with Gasteiger partial charge in [0.15, 0.2) is 5.65 Å². The maximum atomic E-state index is 13.6. The Balaban J connectivity index is 2.11. The molecule has 0 aliphatic heterocycles. The number of nitrogens with one attached hydrogen (secondary N) is 2. The molecule has 0 radical (unpaired) electrons. The minimum atomic E-state index is -3.14. The summed E-state index contributed by atoms with van der Waals surface area (Å²) in [6.07, 6.45) is 1.94. The monoisotopic (exact) mass is 344 g/mol. The van der Waals surface area contributed by atoms with Gasteiger partial charge in [-0.1, -0.05) is 30.8 Å². The lowest BCUT2D eigenvalue weighted by Crippen LogP contribution is -2.19. The lowest BCUT2D eigenvalue weighted by atomic mass is 10.0. The molecule has 0 saturated heterocycles. The molecular formula is C17H14F2N4O2. The molecule has 0 unspecified atom stereocenters. The topological polar surface area (TPSA) is 79.3 Å². The second-order valence-electron chi connectivity index (χ2n) is 5.31. The van der Waals surface area contributed by atoms with Gasteiger partial charge in [0.1, 0.15) is 5.56 Å². The molecule has 0 aliphatic carbocycles. The Morgan fingerprint density at radius 2 is 2.04 bits per heavy atom. The second-order valence-corrected chi connectivity index (χ2v) is 5.31. The Hall–Kier alpha value is -3.29. The minimum Gasteiger partial charge on any atom is -0.355 e. The van der Waals surface area contributed by atoms with Crippen molar-refractivity contribution in [2.24, 2.45) is 0 Å². The van der Waals surface area contributed by atoms with Gasteiger partial charge >= 0.3 is 0 Å². The Bertz CT molecular complexity index is 1020. The van der Waals surface area contributed by atoms with Gasteiger partial charge < -0.3 is 5.32 Å². The maximum Gasteiger partial charge on any atom is 0.291 e. The number of nitrogens with zero attached hydrogens (tertiary/aromatic N) is 2. The third-order valence-corrected chi connectivity index (χ3v) is 3.79. The van der Waals surface area contributed by atoms with Gasteiger partial charge in [-0.2, -0.15) is 8.78 Å². The average Bonchev–Trinajstić information content (AvgIpc) is 3.05. The number of amides is 1. The largest absolute Gasteiger partial charge is 0.355 e. The van der Waals surface area contributed by atoms with Crippen LogP contribution in [-0.2, 0) is 5.92 Å². The summed E-state index contributed by atoms with van der Waals surface area (Å²) in [5.74, 6) is -3.54. The molecule has 0 saturated carbocycles. The first kappa shape index (κ1) is 16.6. The molecule has 0 fully saturated rings. The Morgan fingerprint density at radius 1 is 1.36 bits per heavy atom. The molecule has 2 aromatic heterocycles. The van der Waals surface area contributed by atoms with Crippen LogP contribution >= 0.6 is 0 Å². The molecule has 8 heteroatoms. The van der Waals surface area contributed by atoms with Crippen LogP contribution in [0, 0.1) is 0 Å². The van der Waals surface area contributed by atoms with Crippen molar-refractivity contribution in [3.8, 4) is 11.3 Å². The van der Waals surface area contributed by atoms with E-state index in [1.54, 1.807) is 0 Å². The summed E-state index contributed by atoms with van der Waals surface area (Å²) < 4.78 is 28.3. The van der Waals surface area contributed by atoms with Crippen molar-refractivity contribution in [2.75, 3.05) is 7.05 Å². The fourth-order valence-electron chi connectivity index (χ4n) is 2.41. The number of carbonyl (C=O) groups is 1. The van der Waals surface area contributed by atoms with E-state index >= 15 is 0 Å². The molecule has 1 aromatic carbocycles. The zero-order valence-electron chi connectivity index (χ0n) is 13.2. The summed E-state index contributed by atoms with van der Waals surface area (Å²) in [6.45, 7) is 3.12. The van der Waals surface area contributed by atoms with E-state index in [2.05, 4.69) is 22.0 Å². The van der Waals surface area contributed by atoms with Crippen LogP contribution in [0.2, 0.25) is 0 Å². The summed E-state index contributed by atoms with van der Waals surface area (Å²) in [5.41, 5.74) is 0.487. The highest BCUT2D eigenvalue weighted by atomic mass is 19.3. The number of halogens is 2. The second kappa shape index (κ2) is 5.97. The van der Waals surface area contributed by atoms with Crippen molar-refractivity contribution >= 4 is 11.6 Å². The summed E-state index contributed by atoms with van der Waals surface area (Å²) >= 11 is 0. The van der Waals surface area contributed by atoms with Crippen LogP contribution in [0.25, 0.3) is 16.9 Å². The lowest BCUT2D eigenvalue weighted by Gasteiger charge is -2.12. The third kappa shape index (κ3) is 2.82. The normalized spacial score (nSPS) is 11.5. The molecule has 6 nitrogen and oxygen atoms in total. The number of hydrogen-bond acceptors (Lipinski definition) is 3. The predicted octanol–water partition coefficient (Wildman–Crippen LogP) is 2.33. The highest BCUT2D eigenvalue weighted by Gasteiger charge is 2.26. The molecule has 3 rings (SSSR count). The molecule has 0 aliphatic rings. The number of alkyl halides is 2. The van der Waals surface area contributed by atoms with Crippen molar-refractivity contribution in [2.45, 2.75) is 5.92 Å². The van der Waals surface area contributed by atoms with Gasteiger partial charge in [-0.3, -0.25) is 14.7 Å². The van der Waals surface area contributed by atoms with Gasteiger partial charge in [-0.15, -0.1) is 0 Å². The zero-order chi connectivity index (χ0) is 18.2. The molecule has 3 aromatic rings. The number of H-pyrrole nitrogens is 1. The van der Waals surface area contributed by atoms with Crippen molar-refractivity contribution < 1.29 is 13.6 Å². The first-order valence-electron chi connectivity index (χ1n) is 7.33. The van der Waals surface area contributed by atoms with E-state index < -0.39 is 17.4 Å². The van der Waals surface area contributed by atoms with Crippen molar-refractivity contribution in [3.05, 3.63) is 70.7 Å². The predicted molar refractivity (Wildman–Crippen MR) is 88.7 cm³/mol. The van der Waals surface area contributed by atoms with Gasteiger partial charge in [0.25, 0.3) is 17.4 Å². The van der Waals surface area contributed by atoms with Crippen LogP contribution in [0.5, 0.6) is 0 Å². The molecule has 0 bridgehead atoms. The van der Waals surface area contributed by atoms with E-state index in [9.17, 15) is 18.4 Å². The number of allylic oxidation sites excluding steroid dienone is 1. The first-order valence-corrected chi connectivity index (χ1v) is 7.33. The van der Waals surface area contributed by atoms with E-state index in [4.69, 9.17) is 0 Å². The Labute approximate surface area is 140 Å². The van der Waals surface area contributed by atoms with Gasteiger partial charge in [0, 0.05) is 30.4 Å². The van der Waals surface area contributed by atoms with Crippen LogP contribution in [0.1, 0.15) is 15.9 Å². The number of carbonyl (C=O) groups excluding carboxylic acids is 1. The van der Waals surface area contributed by atoms with Crippen LogP contribution < -0.4 is 10.9 Å². The fourth-order valence-corrected chi connectivity index (χ4v) is 2.41. The summed E-state index contributed by atoms with van der Waals surface area (Å²) in [4.78, 5) is 28.4. The molecule has 0 atom stereocenters. The number of fused-ring (bicyclic) bond motifs is 1. The average molecular weight is 344 g/mol. The molecule has 25 heavy (non-hydrogen) atoms. The fraction of sp³-hybridized carbons (Fsp3) is 0.118. The third-order valence-electron chi connectivity index (χ3n) is 3.79. The standard InChI is InChI=1S/C17H14F2N4O2/c1-3-17(18,19)11-6-4-10(5-7-11)13-8-14(24)23-15(22-13)12(9-21-23)16(25)20-2/h3-9,21H,1H2,2H3,(H,20,25). The van der Waals surface area contributed by atoms with Gasteiger partial charge in [0.2, 0.25) is 0 Å². The van der Waals surface area contributed by atoms with E-state index in [1.807, 2.05) is 0 Å². The summed E-state index contributed by atoms with van der Waals surface area (Å²) in [6, 6.07) is 6.64. The summed E-state index contributed by atoms with van der Waals surface area (Å²) in [7, 11) is 1.46. The highest BCUT2D eigenvalue weighted by molar-refractivity contribution is 5.99. The van der Waals surface area contributed by atoms with Crippen molar-refractivity contribution in [1.29, 1.82) is 0 Å². The molecule has 2 heterocycles. The zero-order valence-corrected chi connectivity index (χ0v) is 13.2. The summed E-state index contributed by atoms with van der Waals surface area (Å²) in [5, 5.41) is 5.12. The maximum absolute atomic E-state index is 13.6. The molecule has 1 amide bonds. The van der Waals surface area contributed by atoms with Gasteiger partial charge in [-0.05, 0) is 6.08 Å². The van der Waals surface area contributed by atoms with Gasteiger partial charge in [0.05, 0.1) is 5.69 Å². The molecule has 0 spiro atoms. The van der Waals surface area contributed by atoms with Crippen LogP contribution in [0.3, 0.4) is 0 Å². The van der Waals surface area contributed by atoms with E-state index in [0.717, 1.165) is 4.52 Å². The lowest BCUT2D eigenvalue weighted by molar-refractivity contribution is 0.0525. The van der Waals surface area contributed by atoms with Crippen LogP contribution in [0.15, 0.2) is 54.0 Å². The van der Waals surface area contributed by atoms with E-state index in [1.165, 1.54) is 43.6 Å². The number of benzene rings is 1. The smallest absolute Gasteiger partial charge is 0.291 e. The Morgan fingerprint density at radius 3 is 2.64 bits per heavy atom. The van der Waals surface area contributed by atoms with Crippen molar-refractivity contribution in [1.82, 2.24) is 19.9 Å². The number of rotatable bonds is 4. The van der Waals surface area contributed by atoms with Crippen LogP contribution in [-0.4, -0.2) is 27.6 Å². The Kier molecular flexibility index (Phi) is 3.96. The highest BCUT2D eigenvalue weighted by Crippen LogP contribution is 2.30. The number of aromatic nitrogens is 3. The molecule has 2 N–H and O–H groups in total. The van der Waals surface area contributed by atoms with Crippen molar-refractivity contribution in [3.63, 3.8) is 0 Å². The minimum absolute atomic E-state index is 0.155. The van der Waals surface area contributed by atoms with E-state index in [-0.39, 0.29) is 22.5 Å². The first-order chi connectivity index (χ1) is 11.9. The van der Waals surface area contributed by atoms with E-state index in [0.29, 0.717) is 11.6 Å². The van der Waals surface area contributed by atoms with Gasteiger partial charge in [-0.25, -0.2) is 9.50 Å². The molecular weight excluding hydrogens is 330 g/mol. The molecule has 128 valence electrons. The number of aromatic amines is 1. The number of hydrogen-bond donors (Lipinski definition) is 2.